The highest BCUT2D eigenvalue weighted by molar-refractivity contribution is 5.71. The summed E-state index contributed by atoms with van der Waals surface area (Å²) < 4.78 is 20.7. The number of aliphatic hydroxyl groups excluding tert-OH is 7. The molecule has 0 saturated carbocycles. The number of hydrogen-bond acceptors (Lipinski definition) is 12. The first-order valence-corrected chi connectivity index (χ1v) is 8.90. The molecule has 28 heavy (non-hydrogen) atoms. The lowest BCUT2D eigenvalue weighted by Gasteiger charge is -2.44. The summed E-state index contributed by atoms with van der Waals surface area (Å²) in [5, 5.41) is 68.9. The van der Waals surface area contributed by atoms with Gasteiger partial charge in [-0.3, -0.25) is 4.79 Å². The van der Waals surface area contributed by atoms with Crippen LogP contribution in [0, 0.1) is 5.92 Å². The molecule has 0 bridgehead atoms. The minimum Gasteiger partial charge on any atom is -0.463 e. The van der Waals surface area contributed by atoms with Crippen molar-refractivity contribution in [2.45, 2.75) is 75.3 Å². The van der Waals surface area contributed by atoms with Crippen LogP contribution in [0.2, 0.25) is 0 Å². The Bertz CT molecular complexity index is 514. The Morgan fingerprint density at radius 3 is 1.75 bits per heavy atom. The Balaban J connectivity index is 2.05. The maximum Gasteiger partial charge on any atom is 0.308 e. The van der Waals surface area contributed by atoms with E-state index in [0.29, 0.717) is 0 Å². The molecule has 0 unspecified atom stereocenters. The summed E-state index contributed by atoms with van der Waals surface area (Å²) in [7, 11) is 0. The SMILES string of the molecule is CC(C)C(=O)OC[C@H]1O[C@H](O[C@H]2O[C@H](CO)[C@@H](O)[C@H](O)[C@H]2O)[C@H](O)[C@@H](O)[C@@H]1O. The van der Waals surface area contributed by atoms with Crippen LogP contribution in [0.1, 0.15) is 13.8 Å². The van der Waals surface area contributed by atoms with Gasteiger partial charge in [0, 0.05) is 0 Å². The van der Waals surface area contributed by atoms with Gasteiger partial charge in [0.05, 0.1) is 12.5 Å². The largest absolute Gasteiger partial charge is 0.463 e. The van der Waals surface area contributed by atoms with Gasteiger partial charge in [-0.2, -0.15) is 0 Å². The van der Waals surface area contributed by atoms with Gasteiger partial charge in [0.1, 0.15) is 55.4 Å². The van der Waals surface area contributed by atoms with E-state index in [0.717, 1.165) is 0 Å². The second kappa shape index (κ2) is 9.71. The van der Waals surface area contributed by atoms with E-state index in [1.165, 1.54) is 0 Å². The number of rotatable bonds is 6. The van der Waals surface area contributed by atoms with Gasteiger partial charge in [0.25, 0.3) is 0 Å². The monoisotopic (exact) mass is 412 g/mol. The van der Waals surface area contributed by atoms with Crippen molar-refractivity contribution < 1.29 is 59.5 Å². The van der Waals surface area contributed by atoms with Gasteiger partial charge in [0.2, 0.25) is 0 Å². The fourth-order valence-electron chi connectivity index (χ4n) is 2.81. The summed E-state index contributed by atoms with van der Waals surface area (Å²) in [6, 6.07) is 0. The smallest absolute Gasteiger partial charge is 0.308 e. The van der Waals surface area contributed by atoms with E-state index in [9.17, 15) is 40.5 Å². The standard InChI is InChI=1S/C16H28O12/c1-5(2)14(24)25-4-7-9(19)11(21)13(23)16(27-7)28-15-12(22)10(20)8(18)6(3-17)26-15/h5-13,15-23H,3-4H2,1-2H3/t6-,7-,8-,9-,10+,11+,12-,13-,15-,16-/m1/s1. The van der Waals surface area contributed by atoms with Gasteiger partial charge < -0.3 is 54.7 Å². The normalized spacial score (nSPS) is 44.5. The number of carbonyl (C=O) groups is 1. The van der Waals surface area contributed by atoms with Crippen LogP contribution in [0.4, 0.5) is 0 Å². The fraction of sp³-hybridized carbons (Fsp3) is 0.938. The lowest BCUT2D eigenvalue weighted by Crippen LogP contribution is -2.63. The predicted octanol–water partition coefficient (Wildman–Crippen LogP) is -4.19. The molecule has 10 atom stereocenters. The van der Waals surface area contributed by atoms with Crippen LogP contribution in [-0.4, -0.2) is 116 Å². The molecule has 0 aromatic heterocycles. The van der Waals surface area contributed by atoms with Crippen molar-refractivity contribution in [3.8, 4) is 0 Å². The van der Waals surface area contributed by atoms with Crippen LogP contribution in [-0.2, 0) is 23.7 Å². The first kappa shape index (κ1) is 23.3. The second-order valence-electron chi connectivity index (χ2n) is 7.13. The summed E-state index contributed by atoms with van der Waals surface area (Å²) >= 11 is 0. The summed E-state index contributed by atoms with van der Waals surface area (Å²) in [5.41, 5.74) is 0. The lowest BCUT2D eigenvalue weighted by atomic mass is 9.98. The molecule has 2 heterocycles. The van der Waals surface area contributed by atoms with Crippen LogP contribution in [0.3, 0.4) is 0 Å². The summed E-state index contributed by atoms with van der Waals surface area (Å²) in [6.07, 6.45) is -15.9. The van der Waals surface area contributed by atoms with Gasteiger partial charge in [-0.05, 0) is 0 Å². The highest BCUT2D eigenvalue weighted by atomic mass is 16.8. The molecular formula is C16H28O12. The molecule has 2 aliphatic heterocycles. The number of hydrogen-bond donors (Lipinski definition) is 7. The average Bonchev–Trinajstić information content (AvgIpc) is 2.67. The van der Waals surface area contributed by atoms with E-state index in [4.69, 9.17) is 18.9 Å². The summed E-state index contributed by atoms with van der Waals surface area (Å²) in [6.45, 7) is 2.08. The van der Waals surface area contributed by atoms with Crippen molar-refractivity contribution in [3.05, 3.63) is 0 Å². The Morgan fingerprint density at radius 2 is 1.29 bits per heavy atom. The number of carbonyl (C=O) groups excluding carboxylic acids is 1. The van der Waals surface area contributed by atoms with Crippen molar-refractivity contribution in [2.75, 3.05) is 13.2 Å². The minimum atomic E-state index is -1.76. The molecule has 0 aromatic rings. The van der Waals surface area contributed by atoms with E-state index in [1.54, 1.807) is 13.8 Å². The molecular weight excluding hydrogens is 384 g/mol. The average molecular weight is 412 g/mol. The van der Waals surface area contributed by atoms with Crippen molar-refractivity contribution in [1.82, 2.24) is 0 Å². The Hall–Kier alpha value is -0.930. The molecule has 2 rings (SSSR count). The summed E-state index contributed by atoms with van der Waals surface area (Å²) in [5.74, 6) is -1.000. The zero-order valence-electron chi connectivity index (χ0n) is 15.4. The molecule has 0 spiro atoms. The van der Waals surface area contributed by atoms with E-state index in [1.807, 2.05) is 0 Å². The molecule has 12 heteroatoms. The lowest BCUT2D eigenvalue weighted by molar-refractivity contribution is -0.376. The number of ether oxygens (including phenoxy) is 4. The molecule has 7 N–H and O–H groups in total. The molecule has 2 aliphatic rings. The number of esters is 1. The Morgan fingerprint density at radius 1 is 0.821 bits per heavy atom. The third-order valence-corrected chi connectivity index (χ3v) is 4.65. The molecule has 0 aromatic carbocycles. The molecule has 0 aliphatic carbocycles. The van der Waals surface area contributed by atoms with Gasteiger partial charge in [-0.15, -0.1) is 0 Å². The molecule has 0 amide bonds. The highest BCUT2D eigenvalue weighted by Crippen LogP contribution is 2.28. The van der Waals surface area contributed by atoms with Gasteiger partial charge in [-0.25, -0.2) is 0 Å². The molecule has 0 radical (unpaired) electrons. The minimum absolute atomic E-state index is 0.433. The highest BCUT2D eigenvalue weighted by Gasteiger charge is 2.49. The maximum atomic E-state index is 11.6. The Labute approximate surface area is 160 Å². The van der Waals surface area contributed by atoms with Crippen molar-refractivity contribution in [1.29, 1.82) is 0 Å². The molecule has 2 fully saturated rings. The predicted molar refractivity (Wildman–Crippen MR) is 87.3 cm³/mol. The first-order chi connectivity index (χ1) is 13.1. The van der Waals surface area contributed by atoms with Crippen molar-refractivity contribution >= 4 is 5.97 Å². The van der Waals surface area contributed by atoms with Crippen LogP contribution in [0.15, 0.2) is 0 Å². The number of aliphatic hydroxyl groups is 7. The quantitative estimate of drug-likeness (QED) is 0.208. The Kier molecular flexibility index (Phi) is 8.10. The van der Waals surface area contributed by atoms with Crippen LogP contribution >= 0.6 is 0 Å². The van der Waals surface area contributed by atoms with Crippen LogP contribution in [0.5, 0.6) is 0 Å². The van der Waals surface area contributed by atoms with Crippen molar-refractivity contribution in [3.63, 3.8) is 0 Å². The van der Waals surface area contributed by atoms with Gasteiger partial charge in [-0.1, -0.05) is 13.8 Å². The molecule has 2 saturated heterocycles. The first-order valence-electron chi connectivity index (χ1n) is 8.90. The zero-order chi connectivity index (χ0) is 21.2. The van der Waals surface area contributed by atoms with E-state index < -0.39 is 86.5 Å². The van der Waals surface area contributed by atoms with Crippen molar-refractivity contribution in [2.24, 2.45) is 5.92 Å². The zero-order valence-corrected chi connectivity index (χ0v) is 15.4. The van der Waals surface area contributed by atoms with Crippen LogP contribution in [0.25, 0.3) is 0 Å². The molecule has 164 valence electrons. The second-order valence-corrected chi connectivity index (χ2v) is 7.13. The fourth-order valence-corrected chi connectivity index (χ4v) is 2.81. The summed E-state index contributed by atoms with van der Waals surface area (Å²) in [4.78, 5) is 11.6. The molecule has 12 nitrogen and oxygen atoms in total. The van der Waals surface area contributed by atoms with E-state index in [-0.39, 0.29) is 0 Å². The van der Waals surface area contributed by atoms with E-state index in [2.05, 4.69) is 0 Å². The maximum absolute atomic E-state index is 11.6. The van der Waals surface area contributed by atoms with Gasteiger partial charge in [0.15, 0.2) is 12.6 Å². The van der Waals surface area contributed by atoms with Gasteiger partial charge >= 0.3 is 5.97 Å². The van der Waals surface area contributed by atoms with E-state index >= 15 is 0 Å². The third kappa shape index (κ3) is 4.97. The topological polar surface area (TPSA) is 196 Å². The van der Waals surface area contributed by atoms with Crippen LogP contribution < -0.4 is 0 Å². The third-order valence-electron chi connectivity index (χ3n) is 4.65.